The Balaban J connectivity index is 1.62. The van der Waals surface area contributed by atoms with Crippen molar-refractivity contribution in [2.75, 3.05) is 38.8 Å². The molecule has 180 valence electrons. The van der Waals surface area contributed by atoms with Gasteiger partial charge in [0.1, 0.15) is 11.8 Å². The van der Waals surface area contributed by atoms with Crippen molar-refractivity contribution in [3.63, 3.8) is 0 Å². The number of aliphatic hydroxyl groups is 1. The highest BCUT2D eigenvalue weighted by atomic mass is 32.2. The van der Waals surface area contributed by atoms with Crippen molar-refractivity contribution < 1.29 is 24.2 Å². The SMILES string of the molecule is COc1ccc(N2CC=C[C@]34S[C@H]5C=CCN(C)C(=O)[C@H]5[C@H]3C(=O)N([C@H](C)CO)C4C2=O)cc1. The monoisotopic (exact) mass is 483 g/mol. The Morgan fingerprint density at radius 2 is 1.85 bits per heavy atom. The number of aliphatic hydroxyl groups excluding tert-OH is 1. The molecule has 4 aliphatic heterocycles. The molecule has 3 amide bonds. The van der Waals surface area contributed by atoms with Crippen molar-refractivity contribution in [2.45, 2.75) is 29.0 Å². The maximum absolute atomic E-state index is 14.2. The van der Waals surface area contributed by atoms with Crippen LogP contribution in [0.15, 0.2) is 48.6 Å². The van der Waals surface area contributed by atoms with Crippen molar-refractivity contribution in [3.8, 4) is 5.75 Å². The summed E-state index contributed by atoms with van der Waals surface area (Å²) in [7, 11) is 3.33. The highest BCUT2D eigenvalue weighted by Crippen LogP contribution is 2.61. The molecule has 6 atom stereocenters. The van der Waals surface area contributed by atoms with Crippen molar-refractivity contribution in [2.24, 2.45) is 11.8 Å². The predicted molar refractivity (Wildman–Crippen MR) is 130 cm³/mol. The Morgan fingerprint density at radius 3 is 2.53 bits per heavy atom. The third kappa shape index (κ3) is 3.20. The summed E-state index contributed by atoms with van der Waals surface area (Å²) in [6.45, 7) is 2.33. The minimum Gasteiger partial charge on any atom is -0.497 e. The van der Waals surface area contributed by atoms with Crippen LogP contribution in [0.3, 0.4) is 0 Å². The Bertz CT molecular complexity index is 1070. The van der Waals surface area contributed by atoms with E-state index in [1.54, 1.807) is 43.0 Å². The molecule has 1 N–H and O–H groups in total. The molecule has 1 unspecified atom stereocenters. The largest absolute Gasteiger partial charge is 0.497 e. The van der Waals surface area contributed by atoms with Gasteiger partial charge in [-0.15, -0.1) is 11.8 Å². The summed E-state index contributed by atoms with van der Waals surface area (Å²) in [6.07, 6.45) is 7.89. The van der Waals surface area contributed by atoms with Gasteiger partial charge in [0, 0.05) is 31.1 Å². The first-order valence-electron chi connectivity index (χ1n) is 11.5. The average molecular weight is 484 g/mol. The van der Waals surface area contributed by atoms with Gasteiger partial charge in [-0.25, -0.2) is 0 Å². The second-order valence-corrected chi connectivity index (χ2v) is 10.8. The summed E-state index contributed by atoms with van der Waals surface area (Å²) < 4.78 is 4.37. The molecule has 1 aromatic carbocycles. The highest BCUT2D eigenvalue weighted by molar-refractivity contribution is 8.02. The maximum atomic E-state index is 14.2. The van der Waals surface area contributed by atoms with Crippen LogP contribution in [0.4, 0.5) is 5.69 Å². The van der Waals surface area contributed by atoms with Gasteiger partial charge in [-0.3, -0.25) is 14.4 Å². The summed E-state index contributed by atoms with van der Waals surface area (Å²) >= 11 is 1.54. The van der Waals surface area contributed by atoms with Crippen LogP contribution in [-0.4, -0.2) is 88.6 Å². The minimum absolute atomic E-state index is 0.0768. The van der Waals surface area contributed by atoms with Gasteiger partial charge in [-0.2, -0.15) is 0 Å². The molecular formula is C25H29N3O5S. The van der Waals surface area contributed by atoms with Crippen LogP contribution in [0.1, 0.15) is 6.92 Å². The first-order chi connectivity index (χ1) is 16.3. The second-order valence-electron chi connectivity index (χ2n) is 9.32. The predicted octanol–water partition coefficient (Wildman–Crippen LogP) is 1.30. The smallest absolute Gasteiger partial charge is 0.251 e. The lowest BCUT2D eigenvalue weighted by Gasteiger charge is -2.37. The zero-order valence-corrected chi connectivity index (χ0v) is 20.3. The van der Waals surface area contributed by atoms with E-state index in [1.165, 1.54) is 16.7 Å². The number of rotatable bonds is 4. The molecular weight excluding hydrogens is 454 g/mol. The summed E-state index contributed by atoms with van der Waals surface area (Å²) in [6, 6.07) is 5.86. The van der Waals surface area contributed by atoms with Crippen LogP contribution in [0, 0.1) is 11.8 Å². The van der Waals surface area contributed by atoms with Crippen molar-refractivity contribution in [1.82, 2.24) is 9.80 Å². The highest BCUT2D eigenvalue weighted by Gasteiger charge is 2.71. The Hall–Kier alpha value is -2.78. The molecule has 0 aromatic heterocycles. The van der Waals surface area contributed by atoms with Gasteiger partial charge in [0.25, 0.3) is 5.91 Å². The van der Waals surface area contributed by atoms with Crippen molar-refractivity contribution in [1.29, 1.82) is 0 Å². The van der Waals surface area contributed by atoms with E-state index in [1.807, 2.05) is 36.4 Å². The van der Waals surface area contributed by atoms with Gasteiger partial charge in [0.2, 0.25) is 11.8 Å². The van der Waals surface area contributed by atoms with Crippen LogP contribution in [-0.2, 0) is 14.4 Å². The summed E-state index contributed by atoms with van der Waals surface area (Å²) in [5.74, 6) is -1.06. The number of carbonyl (C=O) groups is 3. The molecule has 5 rings (SSSR count). The Kier molecular flexibility index (Phi) is 5.72. The van der Waals surface area contributed by atoms with E-state index in [2.05, 4.69) is 0 Å². The van der Waals surface area contributed by atoms with E-state index >= 15 is 0 Å². The number of methoxy groups -OCH3 is 1. The topological polar surface area (TPSA) is 90.4 Å². The van der Waals surface area contributed by atoms with Crippen LogP contribution in [0.5, 0.6) is 5.75 Å². The Labute approximate surface area is 203 Å². The lowest BCUT2D eigenvalue weighted by atomic mass is 9.78. The molecule has 1 spiro atoms. The zero-order chi connectivity index (χ0) is 24.2. The number of likely N-dealkylation sites (tertiary alicyclic amines) is 1. The molecule has 0 radical (unpaired) electrons. The molecule has 0 saturated carbocycles. The van der Waals surface area contributed by atoms with Crippen LogP contribution in [0.2, 0.25) is 0 Å². The molecule has 0 bridgehead atoms. The van der Waals surface area contributed by atoms with E-state index in [4.69, 9.17) is 4.74 Å². The number of fused-ring (bicyclic) bond motifs is 2. The first kappa shape index (κ1) is 23.0. The fourth-order valence-electron chi connectivity index (χ4n) is 5.76. The lowest BCUT2D eigenvalue weighted by molar-refractivity contribution is -0.143. The third-order valence-corrected chi connectivity index (χ3v) is 9.17. The number of likely N-dealkylation sites (N-methyl/N-ethyl adjacent to an activating group) is 1. The average Bonchev–Trinajstić information content (AvgIpc) is 3.18. The maximum Gasteiger partial charge on any atom is 0.251 e. The molecule has 4 heterocycles. The molecule has 1 aromatic rings. The number of hydrogen-bond acceptors (Lipinski definition) is 6. The number of anilines is 1. The first-order valence-corrected chi connectivity index (χ1v) is 12.4. The van der Waals surface area contributed by atoms with Gasteiger partial charge >= 0.3 is 0 Å². The summed E-state index contributed by atoms with van der Waals surface area (Å²) in [5.41, 5.74) is 0.702. The van der Waals surface area contributed by atoms with Crippen LogP contribution in [0.25, 0.3) is 0 Å². The van der Waals surface area contributed by atoms with Gasteiger partial charge in [-0.1, -0.05) is 24.3 Å². The van der Waals surface area contributed by atoms with Gasteiger partial charge in [0.15, 0.2) is 0 Å². The molecule has 2 saturated heterocycles. The number of nitrogens with zero attached hydrogens (tertiary/aromatic N) is 3. The fraction of sp³-hybridized carbons (Fsp3) is 0.480. The zero-order valence-electron chi connectivity index (χ0n) is 19.5. The number of benzene rings is 1. The van der Waals surface area contributed by atoms with E-state index in [0.29, 0.717) is 24.5 Å². The van der Waals surface area contributed by atoms with E-state index in [-0.39, 0.29) is 29.6 Å². The quantitative estimate of drug-likeness (QED) is 0.650. The fourth-order valence-corrected chi connectivity index (χ4v) is 7.75. The normalized spacial score (nSPS) is 33.4. The van der Waals surface area contributed by atoms with Crippen LogP contribution < -0.4 is 9.64 Å². The number of carbonyl (C=O) groups excluding carboxylic acids is 3. The summed E-state index contributed by atoms with van der Waals surface area (Å²) in [4.78, 5) is 46.3. The molecule has 34 heavy (non-hydrogen) atoms. The molecule has 0 aliphatic carbocycles. The Morgan fingerprint density at radius 1 is 1.12 bits per heavy atom. The standard InChI is InChI=1S/C25H29N3O5S/c1-15(14-29)28-21-24(32)27(16-7-9-17(33-3)10-8-16)13-5-11-25(21)20(23(28)31)19-18(34-25)6-4-12-26(2)22(19)30/h4-11,15,18-21,29H,12-14H2,1-3H3/t15-,18+,19-,20+,21?,25+/m1/s1. The minimum atomic E-state index is -0.883. The molecule has 9 heteroatoms. The number of amides is 3. The van der Waals surface area contributed by atoms with Gasteiger partial charge < -0.3 is 24.5 Å². The number of hydrogen-bond donors (Lipinski definition) is 1. The van der Waals surface area contributed by atoms with E-state index in [0.717, 1.165) is 0 Å². The summed E-state index contributed by atoms with van der Waals surface area (Å²) in [5, 5.41) is 9.80. The molecule has 8 nitrogen and oxygen atoms in total. The van der Waals surface area contributed by atoms with Crippen LogP contribution >= 0.6 is 11.8 Å². The number of thioether (sulfide) groups is 1. The van der Waals surface area contributed by atoms with E-state index < -0.39 is 28.7 Å². The third-order valence-electron chi connectivity index (χ3n) is 7.42. The van der Waals surface area contributed by atoms with Gasteiger partial charge in [-0.05, 0) is 31.2 Å². The molecule has 2 fully saturated rings. The van der Waals surface area contributed by atoms with Crippen molar-refractivity contribution >= 4 is 35.2 Å². The second kappa shape index (κ2) is 8.46. The lowest BCUT2D eigenvalue weighted by Crippen LogP contribution is -2.56. The van der Waals surface area contributed by atoms with Crippen molar-refractivity contribution in [3.05, 3.63) is 48.6 Å². The number of ether oxygens (including phenoxy) is 1. The van der Waals surface area contributed by atoms with Gasteiger partial charge in [0.05, 0.1) is 36.3 Å². The van der Waals surface area contributed by atoms with E-state index in [9.17, 15) is 19.5 Å². The molecule has 4 aliphatic rings.